The molecule has 0 unspecified atom stereocenters. The Labute approximate surface area is 200 Å². The van der Waals surface area contributed by atoms with Crippen LogP contribution in [0.4, 0.5) is 0 Å². The van der Waals surface area contributed by atoms with Crippen LogP contribution in [0.2, 0.25) is 0 Å². The van der Waals surface area contributed by atoms with Gasteiger partial charge in [0, 0.05) is 0 Å². The lowest BCUT2D eigenvalue weighted by molar-refractivity contribution is -0.136. The average Bonchev–Trinajstić information content (AvgIpc) is 3.16. The van der Waals surface area contributed by atoms with E-state index in [-0.39, 0.29) is 5.56 Å². The number of fused-ring (bicyclic) bond motifs is 1. The third kappa shape index (κ3) is 4.10. The van der Waals surface area contributed by atoms with Crippen LogP contribution in [0.15, 0.2) is 63.5 Å². The molecule has 2 heterocycles. The van der Waals surface area contributed by atoms with E-state index < -0.39 is 12.0 Å². The molecule has 1 aliphatic rings. The molecule has 1 aromatic heterocycles. The molecule has 0 spiro atoms. The summed E-state index contributed by atoms with van der Waals surface area (Å²) in [5.41, 5.74) is 2.08. The number of carbonyl (C=O) groups is 1. The molecule has 2 aromatic carbocycles. The summed E-state index contributed by atoms with van der Waals surface area (Å²) in [7, 11) is 6.02. The van der Waals surface area contributed by atoms with Crippen LogP contribution >= 0.6 is 11.3 Å². The maximum Gasteiger partial charge on any atom is 0.338 e. The van der Waals surface area contributed by atoms with Gasteiger partial charge >= 0.3 is 5.97 Å². The second-order valence-corrected chi connectivity index (χ2v) is 8.47. The van der Waals surface area contributed by atoms with E-state index in [1.54, 1.807) is 58.6 Å². The molecule has 1 aliphatic heterocycles. The molecule has 0 saturated carbocycles. The van der Waals surface area contributed by atoms with E-state index in [1.807, 2.05) is 18.2 Å². The molecule has 8 nitrogen and oxygen atoms in total. The molecule has 34 heavy (non-hydrogen) atoms. The van der Waals surface area contributed by atoms with Crippen LogP contribution in [-0.2, 0) is 9.53 Å². The SMILES string of the molecule is COC(=O)C1=C(C)N=c2s/c(=C\c3ccc(OC)c(OC)c3)c(=O)n2[C@@H]1c1ccc(OC)cc1. The maximum atomic E-state index is 13.6. The van der Waals surface area contributed by atoms with Crippen LogP contribution in [0.1, 0.15) is 24.1 Å². The number of hydrogen-bond donors (Lipinski definition) is 0. The summed E-state index contributed by atoms with van der Waals surface area (Å²) < 4.78 is 23.0. The van der Waals surface area contributed by atoms with Gasteiger partial charge in [0.25, 0.3) is 5.56 Å². The van der Waals surface area contributed by atoms with Gasteiger partial charge in [-0.2, -0.15) is 0 Å². The zero-order valence-corrected chi connectivity index (χ0v) is 20.3. The van der Waals surface area contributed by atoms with Crippen LogP contribution in [0.5, 0.6) is 17.2 Å². The average molecular weight is 481 g/mol. The molecule has 0 aliphatic carbocycles. The number of carbonyl (C=O) groups excluding carboxylic acids is 1. The number of nitrogens with zero attached hydrogens (tertiary/aromatic N) is 2. The third-order valence-corrected chi connectivity index (χ3v) is 6.55. The summed E-state index contributed by atoms with van der Waals surface area (Å²) in [6.45, 7) is 1.74. The molecular formula is C25H24N2O6S. The van der Waals surface area contributed by atoms with Gasteiger partial charge in [0.1, 0.15) is 5.75 Å². The van der Waals surface area contributed by atoms with Crippen LogP contribution < -0.4 is 29.1 Å². The van der Waals surface area contributed by atoms with Crippen LogP contribution in [0.3, 0.4) is 0 Å². The van der Waals surface area contributed by atoms with Crippen molar-refractivity contribution < 1.29 is 23.7 Å². The van der Waals surface area contributed by atoms with Crippen molar-refractivity contribution in [2.45, 2.75) is 13.0 Å². The Morgan fingerprint density at radius 3 is 2.32 bits per heavy atom. The van der Waals surface area contributed by atoms with Gasteiger partial charge in [-0.05, 0) is 48.4 Å². The first-order chi connectivity index (χ1) is 16.4. The lowest BCUT2D eigenvalue weighted by Gasteiger charge is -2.24. The van der Waals surface area contributed by atoms with Gasteiger partial charge in [-0.3, -0.25) is 9.36 Å². The van der Waals surface area contributed by atoms with Crippen molar-refractivity contribution >= 4 is 23.4 Å². The molecule has 0 radical (unpaired) electrons. The van der Waals surface area contributed by atoms with Crippen LogP contribution in [0.25, 0.3) is 6.08 Å². The monoisotopic (exact) mass is 480 g/mol. The number of methoxy groups -OCH3 is 4. The number of allylic oxidation sites excluding steroid dienone is 1. The fourth-order valence-electron chi connectivity index (χ4n) is 3.89. The Morgan fingerprint density at radius 2 is 1.71 bits per heavy atom. The zero-order chi connectivity index (χ0) is 24.4. The molecule has 9 heteroatoms. The van der Waals surface area contributed by atoms with E-state index in [4.69, 9.17) is 18.9 Å². The Morgan fingerprint density at radius 1 is 1.00 bits per heavy atom. The first-order valence-corrected chi connectivity index (χ1v) is 11.2. The third-order valence-electron chi connectivity index (χ3n) is 5.56. The Bertz CT molecular complexity index is 1450. The smallest absolute Gasteiger partial charge is 0.338 e. The van der Waals surface area contributed by atoms with E-state index in [0.29, 0.717) is 37.9 Å². The highest BCUT2D eigenvalue weighted by atomic mass is 32.1. The molecule has 0 fully saturated rings. The standard InChI is InChI=1S/C25H24N2O6S/c1-14-21(24(29)33-5)22(16-7-9-17(30-2)10-8-16)27-23(28)20(34-25(27)26-14)13-15-6-11-18(31-3)19(12-15)32-4/h6-13,22H,1-5H3/b20-13-/t22-/m1/s1. The summed E-state index contributed by atoms with van der Waals surface area (Å²) in [6.07, 6.45) is 1.77. The minimum absolute atomic E-state index is 0.256. The molecule has 0 amide bonds. The first kappa shape index (κ1) is 23.3. The fraction of sp³-hybridized carbons (Fsp3) is 0.240. The summed E-state index contributed by atoms with van der Waals surface area (Å²) in [6, 6.07) is 12.0. The molecule has 0 saturated heterocycles. The number of benzene rings is 2. The Balaban J connectivity index is 1.92. The van der Waals surface area contributed by atoms with Crippen molar-refractivity contribution in [2.75, 3.05) is 28.4 Å². The molecule has 176 valence electrons. The second kappa shape index (κ2) is 9.56. The van der Waals surface area contributed by atoms with Gasteiger partial charge in [0.05, 0.1) is 50.3 Å². The molecule has 3 aromatic rings. The number of rotatable bonds is 6. The van der Waals surface area contributed by atoms with Crippen LogP contribution in [-0.4, -0.2) is 39.0 Å². The summed E-state index contributed by atoms with van der Waals surface area (Å²) >= 11 is 1.26. The van der Waals surface area contributed by atoms with E-state index in [0.717, 1.165) is 11.1 Å². The van der Waals surface area contributed by atoms with Gasteiger partial charge in [0.15, 0.2) is 16.3 Å². The predicted molar refractivity (Wildman–Crippen MR) is 128 cm³/mol. The van der Waals surface area contributed by atoms with E-state index in [2.05, 4.69) is 4.99 Å². The number of ether oxygens (including phenoxy) is 4. The largest absolute Gasteiger partial charge is 0.497 e. The highest BCUT2D eigenvalue weighted by molar-refractivity contribution is 7.07. The second-order valence-electron chi connectivity index (χ2n) is 7.46. The molecular weight excluding hydrogens is 456 g/mol. The van der Waals surface area contributed by atoms with E-state index in [9.17, 15) is 9.59 Å². The van der Waals surface area contributed by atoms with Gasteiger partial charge < -0.3 is 18.9 Å². The Hall–Kier alpha value is -3.85. The maximum absolute atomic E-state index is 13.6. The first-order valence-electron chi connectivity index (χ1n) is 10.4. The lowest BCUT2D eigenvalue weighted by atomic mass is 9.96. The van der Waals surface area contributed by atoms with Gasteiger partial charge in [-0.1, -0.05) is 29.5 Å². The van der Waals surface area contributed by atoms with Gasteiger partial charge in [-0.15, -0.1) is 0 Å². The topological polar surface area (TPSA) is 88.4 Å². The van der Waals surface area contributed by atoms with E-state index in [1.165, 1.54) is 23.0 Å². The highest BCUT2D eigenvalue weighted by Gasteiger charge is 2.33. The summed E-state index contributed by atoms with van der Waals surface area (Å²) in [5.74, 6) is 1.30. The predicted octanol–water partition coefficient (Wildman–Crippen LogP) is 2.43. The van der Waals surface area contributed by atoms with E-state index >= 15 is 0 Å². The van der Waals surface area contributed by atoms with Gasteiger partial charge in [0.2, 0.25) is 0 Å². The number of hydrogen-bond acceptors (Lipinski definition) is 8. The van der Waals surface area contributed by atoms with Crippen molar-refractivity contribution in [3.8, 4) is 17.2 Å². The number of esters is 1. The molecule has 0 N–H and O–H groups in total. The summed E-state index contributed by atoms with van der Waals surface area (Å²) in [4.78, 5) is 31.4. The van der Waals surface area contributed by atoms with Crippen molar-refractivity contribution in [1.29, 1.82) is 0 Å². The highest BCUT2D eigenvalue weighted by Crippen LogP contribution is 2.31. The quantitative estimate of drug-likeness (QED) is 0.504. The fourth-order valence-corrected chi connectivity index (χ4v) is 4.93. The van der Waals surface area contributed by atoms with Gasteiger partial charge in [-0.25, -0.2) is 9.79 Å². The Kier molecular flexibility index (Phi) is 6.56. The van der Waals surface area contributed by atoms with Crippen molar-refractivity contribution in [3.63, 3.8) is 0 Å². The number of aromatic nitrogens is 1. The lowest BCUT2D eigenvalue weighted by Crippen LogP contribution is -2.39. The number of thiazole rings is 1. The molecule has 0 bridgehead atoms. The van der Waals surface area contributed by atoms with Crippen molar-refractivity contribution in [2.24, 2.45) is 4.99 Å². The van der Waals surface area contributed by atoms with Crippen molar-refractivity contribution in [1.82, 2.24) is 4.57 Å². The minimum Gasteiger partial charge on any atom is -0.497 e. The summed E-state index contributed by atoms with van der Waals surface area (Å²) in [5, 5.41) is 0. The molecule has 1 atom stereocenters. The van der Waals surface area contributed by atoms with Crippen molar-refractivity contribution in [3.05, 3.63) is 84.5 Å². The van der Waals surface area contributed by atoms with Crippen LogP contribution in [0, 0.1) is 0 Å². The minimum atomic E-state index is -0.679. The molecule has 4 rings (SSSR count). The zero-order valence-electron chi connectivity index (χ0n) is 19.4. The normalized spacial score (nSPS) is 15.4.